The number of carboxylic acid groups (broad SMARTS) is 1. The summed E-state index contributed by atoms with van der Waals surface area (Å²) in [5.41, 5.74) is 0. The second kappa shape index (κ2) is 13.1. The van der Waals surface area contributed by atoms with E-state index in [-0.39, 0.29) is 18.5 Å². The van der Waals surface area contributed by atoms with Crippen LogP contribution in [0, 0.1) is 0 Å². The van der Waals surface area contributed by atoms with Crippen molar-refractivity contribution in [2.45, 2.75) is 57.9 Å². The number of nitrogens with one attached hydrogen (secondary N) is 2. The molecule has 0 aromatic rings. The molecule has 0 aromatic heterocycles. The van der Waals surface area contributed by atoms with Crippen molar-refractivity contribution in [3.8, 4) is 0 Å². The van der Waals surface area contributed by atoms with Crippen LogP contribution in [0.3, 0.4) is 0 Å². The van der Waals surface area contributed by atoms with Crippen molar-refractivity contribution in [3.05, 3.63) is 0 Å². The van der Waals surface area contributed by atoms with Crippen molar-refractivity contribution < 1.29 is 14.7 Å². The predicted molar refractivity (Wildman–Crippen MR) is 84.3 cm³/mol. The van der Waals surface area contributed by atoms with Crippen LogP contribution in [0.15, 0.2) is 0 Å². The van der Waals surface area contributed by atoms with Gasteiger partial charge in [0, 0.05) is 19.0 Å². The number of carboxylic acids is 1. The number of carbonyl (C=O) groups is 2. The first-order valence-corrected chi connectivity index (χ1v) is 8.70. The first kappa shape index (κ1) is 19.1. The molecule has 20 heavy (non-hydrogen) atoms. The standard InChI is InChI=1S/C14H28N2O3S/c1-12(8-7-9-13(17)18)16-14(19)15-10-5-3-4-6-11-20-2/h12H,3-11H2,1-2H3,(H,17,18)(H2,15,16,19). The lowest BCUT2D eigenvalue weighted by atomic mass is 10.1. The molecule has 6 heteroatoms. The van der Waals surface area contributed by atoms with Crippen molar-refractivity contribution in [1.29, 1.82) is 0 Å². The molecule has 0 rings (SSSR count). The van der Waals surface area contributed by atoms with Crippen LogP contribution >= 0.6 is 11.8 Å². The molecule has 5 nitrogen and oxygen atoms in total. The molecule has 3 N–H and O–H groups in total. The molecule has 0 heterocycles. The third-order valence-corrected chi connectivity index (χ3v) is 3.66. The second-order valence-electron chi connectivity index (χ2n) is 4.99. The van der Waals surface area contributed by atoms with Crippen LogP contribution in [-0.4, -0.2) is 41.7 Å². The second-order valence-corrected chi connectivity index (χ2v) is 5.98. The van der Waals surface area contributed by atoms with Crippen LogP contribution in [0.2, 0.25) is 0 Å². The van der Waals surface area contributed by atoms with Gasteiger partial charge in [0.05, 0.1) is 0 Å². The quantitative estimate of drug-likeness (QED) is 0.484. The Morgan fingerprint density at radius 1 is 1.15 bits per heavy atom. The average Bonchev–Trinajstić information content (AvgIpc) is 2.37. The van der Waals surface area contributed by atoms with Gasteiger partial charge in [-0.3, -0.25) is 4.79 Å². The minimum atomic E-state index is -0.789. The van der Waals surface area contributed by atoms with Crippen molar-refractivity contribution >= 4 is 23.8 Å². The molecule has 0 aliphatic rings. The summed E-state index contributed by atoms with van der Waals surface area (Å²) in [5, 5.41) is 14.2. The van der Waals surface area contributed by atoms with Gasteiger partial charge in [0.1, 0.15) is 0 Å². The van der Waals surface area contributed by atoms with E-state index in [0.717, 1.165) is 12.8 Å². The maximum Gasteiger partial charge on any atom is 0.314 e. The maximum atomic E-state index is 11.5. The third kappa shape index (κ3) is 13.5. The van der Waals surface area contributed by atoms with Gasteiger partial charge in [0.25, 0.3) is 0 Å². The molecular weight excluding hydrogens is 276 g/mol. The lowest BCUT2D eigenvalue weighted by molar-refractivity contribution is -0.137. The minimum absolute atomic E-state index is 0.0101. The number of unbranched alkanes of at least 4 members (excludes halogenated alkanes) is 3. The molecule has 1 atom stereocenters. The molecule has 0 spiro atoms. The summed E-state index contributed by atoms with van der Waals surface area (Å²) in [6.45, 7) is 2.59. The molecule has 0 aromatic carbocycles. The Morgan fingerprint density at radius 2 is 1.85 bits per heavy atom. The van der Waals surface area contributed by atoms with Gasteiger partial charge in [-0.1, -0.05) is 12.8 Å². The molecule has 118 valence electrons. The van der Waals surface area contributed by atoms with Crippen molar-refractivity contribution in [2.75, 3.05) is 18.6 Å². The van der Waals surface area contributed by atoms with Gasteiger partial charge in [-0.25, -0.2) is 4.79 Å². The van der Waals surface area contributed by atoms with E-state index in [9.17, 15) is 9.59 Å². The van der Waals surface area contributed by atoms with Crippen LogP contribution in [0.25, 0.3) is 0 Å². The van der Waals surface area contributed by atoms with E-state index in [0.29, 0.717) is 19.4 Å². The first-order valence-electron chi connectivity index (χ1n) is 7.31. The predicted octanol–water partition coefficient (Wildman–Crippen LogP) is 2.85. The number of amides is 2. The SMILES string of the molecule is CSCCCCCCNC(=O)NC(C)CCCC(=O)O. The summed E-state index contributed by atoms with van der Waals surface area (Å²) in [6.07, 6.45) is 8.17. The van der Waals surface area contributed by atoms with Gasteiger partial charge in [-0.05, 0) is 44.6 Å². The van der Waals surface area contributed by atoms with E-state index in [1.807, 2.05) is 18.7 Å². The van der Waals surface area contributed by atoms with Crippen molar-refractivity contribution in [1.82, 2.24) is 10.6 Å². The fourth-order valence-corrected chi connectivity index (χ4v) is 2.33. The molecule has 0 bridgehead atoms. The lowest BCUT2D eigenvalue weighted by Gasteiger charge is -2.14. The topological polar surface area (TPSA) is 78.4 Å². The number of urea groups is 1. The zero-order valence-corrected chi connectivity index (χ0v) is 13.4. The summed E-state index contributed by atoms with van der Waals surface area (Å²) in [6, 6.07) is -0.145. The number of hydrogen-bond acceptors (Lipinski definition) is 3. The Kier molecular flexibility index (Phi) is 12.5. The number of rotatable bonds is 12. The van der Waals surface area contributed by atoms with E-state index in [4.69, 9.17) is 5.11 Å². The Hall–Kier alpha value is -0.910. The fourth-order valence-electron chi connectivity index (χ4n) is 1.83. The van der Waals surface area contributed by atoms with Gasteiger partial charge < -0.3 is 15.7 Å². The molecule has 0 saturated heterocycles. The third-order valence-electron chi connectivity index (χ3n) is 2.97. The van der Waals surface area contributed by atoms with Crippen LogP contribution in [-0.2, 0) is 4.79 Å². The van der Waals surface area contributed by atoms with Crippen molar-refractivity contribution in [2.24, 2.45) is 0 Å². The summed E-state index contributed by atoms with van der Waals surface area (Å²) in [4.78, 5) is 21.9. The molecular formula is C14H28N2O3S. The molecule has 0 saturated carbocycles. The Labute approximate surface area is 126 Å². The maximum absolute atomic E-state index is 11.5. The summed E-state index contributed by atoms with van der Waals surface area (Å²) >= 11 is 1.87. The zero-order chi connectivity index (χ0) is 15.2. The normalized spacial score (nSPS) is 11.9. The first-order chi connectivity index (χ1) is 9.56. The van der Waals surface area contributed by atoms with Crippen molar-refractivity contribution in [3.63, 3.8) is 0 Å². The highest BCUT2D eigenvalue weighted by Gasteiger charge is 2.07. The highest BCUT2D eigenvalue weighted by atomic mass is 32.2. The Balaban J connectivity index is 3.41. The molecule has 2 amide bonds. The molecule has 0 aliphatic heterocycles. The summed E-state index contributed by atoms with van der Waals surface area (Å²) in [5.74, 6) is 0.421. The van der Waals surface area contributed by atoms with Crippen LogP contribution < -0.4 is 10.6 Å². The molecule has 1 unspecified atom stereocenters. The smallest absolute Gasteiger partial charge is 0.314 e. The highest BCUT2D eigenvalue weighted by molar-refractivity contribution is 7.98. The highest BCUT2D eigenvalue weighted by Crippen LogP contribution is 2.04. The van der Waals surface area contributed by atoms with Crippen LogP contribution in [0.5, 0.6) is 0 Å². The van der Waals surface area contributed by atoms with Gasteiger partial charge in [0.15, 0.2) is 0 Å². The summed E-state index contributed by atoms with van der Waals surface area (Å²) < 4.78 is 0. The number of hydrogen-bond donors (Lipinski definition) is 3. The Bertz CT molecular complexity index is 275. The van der Waals surface area contributed by atoms with Crippen LogP contribution in [0.4, 0.5) is 4.79 Å². The number of carbonyl (C=O) groups excluding carboxylic acids is 1. The number of thioether (sulfide) groups is 1. The largest absolute Gasteiger partial charge is 0.481 e. The zero-order valence-electron chi connectivity index (χ0n) is 12.6. The minimum Gasteiger partial charge on any atom is -0.481 e. The molecule has 0 fully saturated rings. The lowest BCUT2D eigenvalue weighted by Crippen LogP contribution is -2.41. The van der Waals surface area contributed by atoms with Gasteiger partial charge in [-0.2, -0.15) is 11.8 Å². The van der Waals surface area contributed by atoms with E-state index in [2.05, 4.69) is 16.9 Å². The van der Waals surface area contributed by atoms with Gasteiger partial charge in [0.2, 0.25) is 0 Å². The van der Waals surface area contributed by atoms with Crippen LogP contribution in [0.1, 0.15) is 51.9 Å². The van der Waals surface area contributed by atoms with E-state index >= 15 is 0 Å². The van der Waals surface area contributed by atoms with Gasteiger partial charge in [-0.15, -0.1) is 0 Å². The van der Waals surface area contributed by atoms with Gasteiger partial charge >= 0.3 is 12.0 Å². The van der Waals surface area contributed by atoms with E-state index in [1.54, 1.807) is 0 Å². The molecule has 0 radical (unpaired) electrons. The fraction of sp³-hybridized carbons (Fsp3) is 0.857. The van der Waals surface area contributed by atoms with E-state index < -0.39 is 5.97 Å². The number of aliphatic carboxylic acids is 1. The summed E-state index contributed by atoms with van der Waals surface area (Å²) in [7, 11) is 0. The van der Waals surface area contributed by atoms with E-state index in [1.165, 1.54) is 18.6 Å². The molecule has 0 aliphatic carbocycles. The average molecular weight is 304 g/mol. The monoisotopic (exact) mass is 304 g/mol. The Morgan fingerprint density at radius 3 is 2.50 bits per heavy atom.